The molecule has 78 valence electrons. The lowest BCUT2D eigenvalue weighted by atomic mass is 9.94. The van der Waals surface area contributed by atoms with Gasteiger partial charge in [-0.25, -0.2) is 0 Å². The number of nitrogens with one attached hydrogen (secondary N) is 1. The minimum atomic E-state index is -4.49. The van der Waals surface area contributed by atoms with Crippen LogP contribution in [-0.2, 0) is 11.8 Å². The summed E-state index contributed by atoms with van der Waals surface area (Å²) in [5.74, 6) is -1.11. The highest BCUT2D eigenvalue weighted by Gasteiger charge is 2.42. The van der Waals surface area contributed by atoms with Crippen LogP contribution in [-0.4, -0.2) is 18.2 Å². The lowest BCUT2D eigenvalue weighted by molar-refractivity contribution is -0.155. The molecule has 0 bridgehead atoms. The molecule has 0 amide bonds. The molecule has 0 saturated carbocycles. The lowest BCUT2D eigenvalue weighted by Crippen LogP contribution is -2.56. The number of aliphatic hydroxyl groups is 1. The molecule has 1 aromatic rings. The molecule has 1 aliphatic heterocycles. The van der Waals surface area contributed by atoms with Gasteiger partial charge in [-0.3, -0.25) is 0 Å². The molecule has 1 saturated heterocycles. The third-order valence-corrected chi connectivity index (χ3v) is 2.18. The van der Waals surface area contributed by atoms with E-state index in [1.54, 1.807) is 0 Å². The van der Waals surface area contributed by atoms with E-state index >= 15 is 0 Å². The normalized spacial score (nSPS) is 20.6. The van der Waals surface area contributed by atoms with E-state index in [0.717, 1.165) is 12.1 Å². The van der Waals surface area contributed by atoms with Crippen LogP contribution < -0.4 is 5.32 Å². The van der Waals surface area contributed by atoms with E-state index in [4.69, 9.17) is 0 Å². The van der Waals surface area contributed by atoms with E-state index in [-0.39, 0.29) is 18.8 Å². The Hall–Kier alpha value is -1.01. The summed E-state index contributed by atoms with van der Waals surface area (Å²) in [4.78, 5) is 0. The fraction of sp³-hybridized carbons (Fsp3) is 0.500. The average molecular weight is 207 g/mol. The van der Waals surface area contributed by atoms with Crippen LogP contribution in [0, 0.1) is 0 Å². The van der Waals surface area contributed by atoms with E-state index in [1.807, 2.05) is 0 Å². The van der Waals surface area contributed by atoms with Gasteiger partial charge in [0.25, 0.3) is 0 Å². The third kappa shape index (κ3) is 1.40. The summed E-state index contributed by atoms with van der Waals surface area (Å²) in [6.45, 7) is 0.440. The topological polar surface area (TPSA) is 45.4 Å². The zero-order valence-electron chi connectivity index (χ0n) is 7.06. The van der Waals surface area contributed by atoms with Gasteiger partial charge in [0.1, 0.15) is 11.4 Å². The fourth-order valence-electron chi connectivity index (χ4n) is 1.28. The maximum atomic E-state index is 12.1. The molecule has 0 aromatic carbocycles. The van der Waals surface area contributed by atoms with Crippen molar-refractivity contribution in [3.8, 4) is 0 Å². The highest BCUT2D eigenvalue weighted by Crippen LogP contribution is 2.34. The van der Waals surface area contributed by atoms with Gasteiger partial charge in [0.05, 0.1) is 0 Å². The molecule has 2 heterocycles. The van der Waals surface area contributed by atoms with Gasteiger partial charge in [-0.05, 0) is 12.1 Å². The number of halogens is 3. The van der Waals surface area contributed by atoms with Crippen molar-refractivity contribution < 1.29 is 22.7 Å². The van der Waals surface area contributed by atoms with Crippen LogP contribution in [0.2, 0.25) is 0 Å². The van der Waals surface area contributed by atoms with Gasteiger partial charge in [-0.1, -0.05) is 0 Å². The summed E-state index contributed by atoms with van der Waals surface area (Å²) < 4.78 is 40.9. The molecule has 0 spiro atoms. The first-order valence-corrected chi connectivity index (χ1v) is 4.02. The molecule has 0 aliphatic carbocycles. The van der Waals surface area contributed by atoms with Gasteiger partial charge in [0.2, 0.25) is 5.76 Å². The molecule has 6 heteroatoms. The maximum Gasteiger partial charge on any atom is 0.449 e. The maximum absolute atomic E-state index is 12.1. The Morgan fingerprint density at radius 1 is 1.36 bits per heavy atom. The highest BCUT2D eigenvalue weighted by molar-refractivity contribution is 5.19. The van der Waals surface area contributed by atoms with Crippen LogP contribution in [0.15, 0.2) is 16.5 Å². The molecular formula is C8H8F3NO2. The number of rotatable bonds is 1. The summed E-state index contributed by atoms with van der Waals surface area (Å²) in [7, 11) is 0. The smallest absolute Gasteiger partial charge is 0.449 e. The van der Waals surface area contributed by atoms with Crippen LogP contribution in [0.25, 0.3) is 0 Å². The Labute approximate surface area is 77.5 Å². The van der Waals surface area contributed by atoms with Crippen molar-refractivity contribution in [1.82, 2.24) is 5.32 Å². The fourth-order valence-corrected chi connectivity index (χ4v) is 1.28. The summed E-state index contributed by atoms with van der Waals surface area (Å²) in [6, 6.07) is 1.98. The highest BCUT2D eigenvalue weighted by atomic mass is 19.4. The lowest BCUT2D eigenvalue weighted by Gasteiger charge is -2.35. The van der Waals surface area contributed by atoms with E-state index < -0.39 is 17.5 Å². The molecule has 2 rings (SSSR count). The SMILES string of the molecule is OC1(c2ccc(C(F)(F)F)o2)CNC1. The molecule has 1 aromatic heterocycles. The van der Waals surface area contributed by atoms with Crippen molar-refractivity contribution in [2.75, 3.05) is 13.1 Å². The Morgan fingerprint density at radius 2 is 2.00 bits per heavy atom. The zero-order chi connectivity index (χ0) is 10.4. The first-order chi connectivity index (χ1) is 6.42. The van der Waals surface area contributed by atoms with Gasteiger partial charge in [-0.15, -0.1) is 0 Å². The Kier molecular flexibility index (Phi) is 1.87. The summed E-state index contributed by atoms with van der Waals surface area (Å²) >= 11 is 0. The van der Waals surface area contributed by atoms with Crippen LogP contribution in [0.4, 0.5) is 13.2 Å². The number of hydrogen-bond acceptors (Lipinski definition) is 3. The molecule has 3 nitrogen and oxygen atoms in total. The Morgan fingerprint density at radius 3 is 2.36 bits per heavy atom. The van der Waals surface area contributed by atoms with E-state index in [2.05, 4.69) is 9.73 Å². The second-order valence-electron chi connectivity index (χ2n) is 3.30. The second-order valence-corrected chi connectivity index (χ2v) is 3.30. The first kappa shape index (κ1) is 9.54. The van der Waals surface area contributed by atoms with Crippen LogP contribution >= 0.6 is 0 Å². The summed E-state index contributed by atoms with van der Waals surface area (Å²) in [6.07, 6.45) is -4.49. The van der Waals surface area contributed by atoms with Crippen molar-refractivity contribution in [3.63, 3.8) is 0 Å². The van der Waals surface area contributed by atoms with Gasteiger partial charge in [0.15, 0.2) is 0 Å². The molecule has 0 radical (unpaired) electrons. The monoisotopic (exact) mass is 207 g/mol. The molecule has 2 N–H and O–H groups in total. The first-order valence-electron chi connectivity index (χ1n) is 4.02. The molecule has 1 fully saturated rings. The van der Waals surface area contributed by atoms with Crippen LogP contribution in [0.5, 0.6) is 0 Å². The number of hydrogen-bond donors (Lipinski definition) is 2. The summed E-state index contributed by atoms with van der Waals surface area (Å²) in [5.41, 5.74) is -1.27. The van der Waals surface area contributed by atoms with Gasteiger partial charge < -0.3 is 14.8 Å². The largest absolute Gasteiger partial charge is 0.453 e. The molecular weight excluding hydrogens is 199 g/mol. The van der Waals surface area contributed by atoms with Crippen molar-refractivity contribution in [3.05, 3.63) is 23.7 Å². The van der Waals surface area contributed by atoms with Crippen molar-refractivity contribution in [1.29, 1.82) is 0 Å². The van der Waals surface area contributed by atoms with Crippen LogP contribution in [0.3, 0.4) is 0 Å². The minimum Gasteiger partial charge on any atom is -0.453 e. The quantitative estimate of drug-likeness (QED) is 0.724. The van der Waals surface area contributed by atoms with E-state index in [0.29, 0.717) is 0 Å². The third-order valence-electron chi connectivity index (χ3n) is 2.18. The van der Waals surface area contributed by atoms with Crippen LogP contribution in [0.1, 0.15) is 11.5 Å². The average Bonchev–Trinajstić information content (AvgIpc) is 2.46. The number of alkyl halides is 3. The van der Waals surface area contributed by atoms with E-state index in [1.165, 1.54) is 0 Å². The zero-order valence-corrected chi connectivity index (χ0v) is 7.06. The summed E-state index contributed by atoms with van der Waals surface area (Å²) in [5, 5.41) is 12.4. The Balaban J connectivity index is 2.26. The van der Waals surface area contributed by atoms with Gasteiger partial charge in [-0.2, -0.15) is 13.2 Å². The van der Waals surface area contributed by atoms with Crippen molar-refractivity contribution >= 4 is 0 Å². The minimum absolute atomic E-state index is 0.0384. The molecule has 14 heavy (non-hydrogen) atoms. The van der Waals surface area contributed by atoms with Gasteiger partial charge in [0, 0.05) is 13.1 Å². The number of β-amino-alcohol motifs (C(OH)–C–C–N with tert-alkyl or cyclic N) is 1. The Bertz CT molecular complexity index is 341. The van der Waals surface area contributed by atoms with E-state index in [9.17, 15) is 18.3 Å². The van der Waals surface area contributed by atoms with Crippen molar-refractivity contribution in [2.24, 2.45) is 0 Å². The predicted octanol–water partition coefficient (Wildman–Crippen LogP) is 1.09. The second kappa shape index (κ2) is 2.74. The molecule has 1 aliphatic rings. The van der Waals surface area contributed by atoms with Gasteiger partial charge >= 0.3 is 6.18 Å². The number of furan rings is 1. The predicted molar refractivity (Wildman–Crippen MR) is 40.5 cm³/mol. The van der Waals surface area contributed by atoms with Crippen molar-refractivity contribution in [2.45, 2.75) is 11.8 Å². The molecule has 0 atom stereocenters. The standard InChI is InChI=1S/C8H8F3NO2/c9-8(10,11)6-2-1-5(14-6)7(13)3-12-4-7/h1-2,12-13H,3-4H2. The molecule has 0 unspecified atom stereocenters.